The maximum atomic E-state index is 12.0. The van der Waals surface area contributed by atoms with Gasteiger partial charge in [-0.3, -0.25) is 4.79 Å². The zero-order chi connectivity index (χ0) is 12.0. The Morgan fingerprint density at radius 1 is 1.44 bits per heavy atom. The first-order chi connectivity index (χ1) is 7.65. The van der Waals surface area contributed by atoms with Gasteiger partial charge in [-0.2, -0.15) is 11.8 Å². The maximum Gasteiger partial charge on any atom is 0.323 e. The molecule has 1 rings (SSSR count). The molecule has 2 amide bonds. The number of carboxylic acid groups (broad SMARTS) is 1. The van der Waals surface area contributed by atoms with Crippen LogP contribution in [-0.2, 0) is 4.79 Å². The number of aliphatic carboxylic acids is 1. The lowest BCUT2D eigenvalue weighted by atomic mass is 10.4. The Kier molecular flexibility index (Phi) is 5.18. The zero-order valence-electron chi connectivity index (χ0n) is 9.09. The summed E-state index contributed by atoms with van der Waals surface area (Å²) in [6, 6.07) is -0.206. The van der Waals surface area contributed by atoms with Crippen LogP contribution < -0.4 is 0 Å². The van der Waals surface area contributed by atoms with Gasteiger partial charge in [-0.05, 0) is 0 Å². The molecule has 1 aliphatic heterocycles. The maximum absolute atomic E-state index is 12.0. The summed E-state index contributed by atoms with van der Waals surface area (Å²) in [7, 11) is 0. The number of carbonyl (C=O) groups excluding carboxylic acids is 1. The fourth-order valence-electron chi connectivity index (χ4n) is 1.48. The van der Waals surface area contributed by atoms with E-state index in [0.29, 0.717) is 13.1 Å². The predicted octanol–water partition coefficient (Wildman–Crippen LogP) is 0.728. The Bertz CT molecular complexity index is 277. The van der Waals surface area contributed by atoms with Crippen LogP contribution in [0.15, 0.2) is 12.7 Å². The zero-order valence-corrected chi connectivity index (χ0v) is 9.91. The molecule has 1 fully saturated rings. The van der Waals surface area contributed by atoms with Crippen molar-refractivity contribution in [2.24, 2.45) is 0 Å². The van der Waals surface area contributed by atoms with Crippen molar-refractivity contribution in [3.8, 4) is 0 Å². The van der Waals surface area contributed by atoms with Gasteiger partial charge in [-0.15, -0.1) is 6.58 Å². The van der Waals surface area contributed by atoms with E-state index in [2.05, 4.69) is 6.58 Å². The number of hydrogen-bond donors (Lipinski definition) is 1. The number of rotatable bonds is 4. The summed E-state index contributed by atoms with van der Waals surface area (Å²) in [6.45, 7) is 4.91. The van der Waals surface area contributed by atoms with Gasteiger partial charge < -0.3 is 14.9 Å². The largest absolute Gasteiger partial charge is 0.480 e. The molecule has 0 radical (unpaired) electrons. The van der Waals surface area contributed by atoms with E-state index in [1.807, 2.05) is 0 Å². The van der Waals surface area contributed by atoms with Gasteiger partial charge in [0.15, 0.2) is 0 Å². The predicted molar refractivity (Wildman–Crippen MR) is 63.7 cm³/mol. The molecular weight excluding hydrogens is 228 g/mol. The van der Waals surface area contributed by atoms with Crippen LogP contribution in [0.25, 0.3) is 0 Å². The van der Waals surface area contributed by atoms with Crippen molar-refractivity contribution in [2.45, 2.75) is 0 Å². The summed E-state index contributed by atoms with van der Waals surface area (Å²) in [6.07, 6.45) is 1.54. The van der Waals surface area contributed by atoms with E-state index in [1.165, 1.54) is 4.90 Å². The first kappa shape index (κ1) is 12.9. The Hall–Kier alpha value is -1.17. The molecule has 0 unspecified atom stereocenters. The van der Waals surface area contributed by atoms with Crippen LogP contribution in [0.1, 0.15) is 0 Å². The smallest absolute Gasteiger partial charge is 0.323 e. The second-order valence-electron chi connectivity index (χ2n) is 3.44. The highest BCUT2D eigenvalue weighted by Gasteiger charge is 2.23. The summed E-state index contributed by atoms with van der Waals surface area (Å²) in [5.74, 6) is 0.836. The standard InChI is InChI=1S/C10H16N2O3S/c1-2-3-12(8-9(13)14)10(15)11-4-6-16-7-5-11/h2H,1,3-8H2,(H,13,14). The highest BCUT2D eigenvalue weighted by Crippen LogP contribution is 2.11. The Balaban J connectivity index is 2.57. The molecule has 90 valence electrons. The summed E-state index contributed by atoms with van der Waals surface area (Å²) in [4.78, 5) is 25.6. The fraction of sp³-hybridized carbons (Fsp3) is 0.600. The van der Waals surface area contributed by atoms with Crippen LogP contribution in [0.2, 0.25) is 0 Å². The molecule has 0 aromatic carbocycles. The molecule has 0 aromatic rings. The molecule has 0 atom stereocenters. The Morgan fingerprint density at radius 3 is 2.56 bits per heavy atom. The van der Waals surface area contributed by atoms with Crippen LogP contribution in [0.5, 0.6) is 0 Å². The van der Waals surface area contributed by atoms with E-state index in [1.54, 1.807) is 22.7 Å². The highest BCUT2D eigenvalue weighted by atomic mass is 32.2. The fourth-order valence-corrected chi connectivity index (χ4v) is 2.39. The molecule has 0 aliphatic carbocycles. The lowest BCUT2D eigenvalue weighted by molar-refractivity contribution is -0.137. The van der Waals surface area contributed by atoms with Gasteiger partial charge in [-0.25, -0.2) is 4.79 Å². The average Bonchev–Trinajstić information content (AvgIpc) is 2.28. The monoisotopic (exact) mass is 244 g/mol. The van der Waals surface area contributed by atoms with Crippen molar-refractivity contribution in [1.29, 1.82) is 0 Å². The van der Waals surface area contributed by atoms with Gasteiger partial charge in [0.25, 0.3) is 0 Å². The van der Waals surface area contributed by atoms with Crippen LogP contribution in [-0.4, -0.2) is 64.6 Å². The Labute approximate surface area is 99.1 Å². The quantitative estimate of drug-likeness (QED) is 0.741. The molecular formula is C10H16N2O3S. The van der Waals surface area contributed by atoms with E-state index < -0.39 is 5.97 Å². The molecule has 0 aromatic heterocycles. The lowest BCUT2D eigenvalue weighted by Gasteiger charge is -2.31. The number of hydrogen-bond acceptors (Lipinski definition) is 3. The number of carbonyl (C=O) groups is 2. The van der Waals surface area contributed by atoms with E-state index in [-0.39, 0.29) is 19.1 Å². The molecule has 1 heterocycles. The second kappa shape index (κ2) is 6.42. The topological polar surface area (TPSA) is 60.9 Å². The van der Waals surface area contributed by atoms with Crippen molar-refractivity contribution in [3.63, 3.8) is 0 Å². The van der Waals surface area contributed by atoms with Crippen molar-refractivity contribution in [3.05, 3.63) is 12.7 Å². The van der Waals surface area contributed by atoms with Crippen molar-refractivity contribution in [2.75, 3.05) is 37.7 Å². The average molecular weight is 244 g/mol. The SMILES string of the molecule is C=CCN(CC(=O)O)C(=O)N1CCSCC1. The number of amides is 2. The van der Waals surface area contributed by atoms with E-state index >= 15 is 0 Å². The summed E-state index contributed by atoms with van der Waals surface area (Å²) >= 11 is 1.81. The summed E-state index contributed by atoms with van der Waals surface area (Å²) in [5, 5.41) is 8.71. The number of carboxylic acids is 1. The van der Waals surface area contributed by atoms with Gasteiger partial charge >= 0.3 is 12.0 Å². The van der Waals surface area contributed by atoms with Crippen LogP contribution in [0, 0.1) is 0 Å². The molecule has 1 N–H and O–H groups in total. The number of nitrogens with zero attached hydrogens (tertiary/aromatic N) is 2. The minimum Gasteiger partial charge on any atom is -0.480 e. The van der Waals surface area contributed by atoms with Gasteiger partial charge in [0.2, 0.25) is 0 Å². The normalized spacial score (nSPS) is 15.6. The van der Waals surface area contributed by atoms with E-state index in [9.17, 15) is 9.59 Å². The third kappa shape index (κ3) is 3.77. The van der Waals surface area contributed by atoms with Gasteiger partial charge in [0.05, 0.1) is 0 Å². The van der Waals surface area contributed by atoms with Crippen molar-refractivity contribution >= 4 is 23.8 Å². The van der Waals surface area contributed by atoms with Crippen molar-refractivity contribution in [1.82, 2.24) is 9.80 Å². The second-order valence-corrected chi connectivity index (χ2v) is 4.67. The van der Waals surface area contributed by atoms with Gasteiger partial charge in [-0.1, -0.05) is 6.08 Å². The lowest BCUT2D eigenvalue weighted by Crippen LogP contribution is -2.48. The molecule has 0 bridgehead atoms. The van der Waals surface area contributed by atoms with Crippen LogP contribution in [0.3, 0.4) is 0 Å². The first-order valence-electron chi connectivity index (χ1n) is 5.09. The number of urea groups is 1. The molecule has 0 saturated carbocycles. The summed E-state index contributed by atoms with van der Waals surface area (Å²) in [5.41, 5.74) is 0. The first-order valence-corrected chi connectivity index (χ1v) is 6.25. The third-order valence-electron chi connectivity index (χ3n) is 2.23. The molecule has 0 spiro atoms. The highest BCUT2D eigenvalue weighted by molar-refractivity contribution is 7.99. The third-order valence-corrected chi connectivity index (χ3v) is 3.17. The molecule has 5 nitrogen and oxygen atoms in total. The number of thioether (sulfide) groups is 1. The Morgan fingerprint density at radius 2 is 2.06 bits per heavy atom. The van der Waals surface area contributed by atoms with Crippen LogP contribution >= 0.6 is 11.8 Å². The van der Waals surface area contributed by atoms with Crippen molar-refractivity contribution < 1.29 is 14.7 Å². The molecule has 6 heteroatoms. The minimum atomic E-state index is -0.999. The van der Waals surface area contributed by atoms with Gasteiger partial charge in [0, 0.05) is 31.1 Å². The van der Waals surface area contributed by atoms with Crippen LogP contribution in [0.4, 0.5) is 4.79 Å². The van der Waals surface area contributed by atoms with Gasteiger partial charge in [0.1, 0.15) is 6.54 Å². The van der Waals surface area contributed by atoms with E-state index in [0.717, 1.165) is 11.5 Å². The van der Waals surface area contributed by atoms with E-state index in [4.69, 9.17) is 5.11 Å². The minimum absolute atomic E-state index is 0.206. The summed E-state index contributed by atoms with van der Waals surface area (Å²) < 4.78 is 0. The molecule has 16 heavy (non-hydrogen) atoms. The molecule has 1 aliphatic rings. The molecule has 1 saturated heterocycles.